The SMILES string of the molecule is OC1=Cc2ccc(Cl)cc2NN1. The Kier molecular flexibility index (Phi) is 1.59. The molecule has 1 aliphatic rings. The van der Waals surface area contributed by atoms with Gasteiger partial charge in [0.15, 0.2) is 0 Å². The lowest BCUT2D eigenvalue weighted by Crippen LogP contribution is -2.24. The van der Waals surface area contributed by atoms with Gasteiger partial charge < -0.3 is 5.11 Å². The molecule has 0 aliphatic carbocycles. The van der Waals surface area contributed by atoms with Gasteiger partial charge in [-0.2, -0.15) is 0 Å². The number of benzene rings is 1. The smallest absolute Gasteiger partial charge is 0.203 e. The number of rotatable bonds is 0. The first-order chi connectivity index (χ1) is 5.75. The molecule has 0 atom stereocenters. The fraction of sp³-hybridized carbons (Fsp3) is 0. The van der Waals surface area contributed by atoms with Gasteiger partial charge in [-0.05, 0) is 12.1 Å². The number of anilines is 1. The van der Waals surface area contributed by atoms with Crippen LogP contribution in [0.3, 0.4) is 0 Å². The van der Waals surface area contributed by atoms with Crippen molar-refractivity contribution in [2.45, 2.75) is 0 Å². The van der Waals surface area contributed by atoms with E-state index in [2.05, 4.69) is 10.9 Å². The number of fused-ring (bicyclic) bond motifs is 1. The standard InChI is InChI=1S/C8H7ClN2O/c9-6-2-1-5-3-8(12)11-10-7(5)4-6/h1-4,10-12H. The molecular formula is C8H7ClN2O. The number of aliphatic hydroxyl groups is 1. The highest BCUT2D eigenvalue weighted by Crippen LogP contribution is 2.24. The monoisotopic (exact) mass is 182 g/mol. The summed E-state index contributed by atoms with van der Waals surface area (Å²) in [4.78, 5) is 0. The zero-order chi connectivity index (χ0) is 8.55. The van der Waals surface area contributed by atoms with Gasteiger partial charge in [0, 0.05) is 16.7 Å². The predicted octanol–water partition coefficient (Wildman–Crippen LogP) is 2.13. The van der Waals surface area contributed by atoms with Gasteiger partial charge in [0.1, 0.15) is 0 Å². The number of hydrogen-bond acceptors (Lipinski definition) is 3. The van der Waals surface area contributed by atoms with Gasteiger partial charge in [0.05, 0.1) is 5.69 Å². The summed E-state index contributed by atoms with van der Waals surface area (Å²) in [5, 5.41) is 9.74. The number of hydrazine groups is 1. The van der Waals surface area contributed by atoms with Crippen molar-refractivity contribution in [3.63, 3.8) is 0 Å². The van der Waals surface area contributed by atoms with Crippen molar-refractivity contribution in [1.82, 2.24) is 5.43 Å². The van der Waals surface area contributed by atoms with Crippen molar-refractivity contribution in [1.29, 1.82) is 0 Å². The zero-order valence-electron chi connectivity index (χ0n) is 6.13. The molecule has 12 heavy (non-hydrogen) atoms. The Morgan fingerprint density at radius 2 is 2.08 bits per heavy atom. The molecule has 3 N–H and O–H groups in total. The minimum absolute atomic E-state index is 0.102. The summed E-state index contributed by atoms with van der Waals surface area (Å²) in [6.45, 7) is 0. The molecule has 0 radical (unpaired) electrons. The van der Waals surface area contributed by atoms with E-state index in [0.29, 0.717) is 5.02 Å². The molecule has 0 unspecified atom stereocenters. The third-order valence-electron chi connectivity index (χ3n) is 1.63. The Morgan fingerprint density at radius 1 is 1.25 bits per heavy atom. The summed E-state index contributed by atoms with van der Waals surface area (Å²) in [5.74, 6) is 0.102. The van der Waals surface area contributed by atoms with Crippen LogP contribution in [0.2, 0.25) is 5.02 Å². The lowest BCUT2D eigenvalue weighted by molar-refractivity contribution is 0.379. The first kappa shape index (κ1) is 7.31. The maximum absolute atomic E-state index is 9.08. The minimum Gasteiger partial charge on any atom is -0.494 e. The van der Waals surface area contributed by atoms with Crippen molar-refractivity contribution in [2.75, 3.05) is 5.43 Å². The first-order valence-corrected chi connectivity index (χ1v) is 3.86. The third kappa shape index (κ3) is 1.19. The van der Waals surface area contributed by atoms with E-state index in [9.17, 15) is 0 Å². The normalized spacial score (nSPS) is 13.9. The van der Waals surface area contributed by atoms with Crippen LogP contribution in [0.4, 0.5) is 5.69 Å². The second-order valence-corrected chi connectivity index (χ2v) is 2.95. The maximum atomic E-state index is 9.08. The van der Waals surface area contributed by atoms with E-state index in [4.69, 9.17) is 16.7 Å². The molecule has 0 saturated heterocycles. The van der Waals surface area contributed by atoms with E-state index in [1.54, 1.807) is 18.2 Å². The highest BCUT2D eigenvalue weighted by atomic mass is 35.5. The van der Waals surface area contributed by atoms with Crippen LogP contribution < -0.4 is 10.9 Å². The average Bonchev–Trinajstić information content (AvgIpc) is 2.05. The topological polar surface area (TPSA) is 44.3 Å². The van der Waals surface area contributed by atoms with Crippen molar-refractivity contribution in [3.05, 3.63) is 34.7 Å². The molecule has 0 bridgehead atoms. The van der Waals surface area contributed by atoms with E-state index in [1.165, 1.54) is 0 Å². The van der Waals surface area contributed by atoms with Crippen molar-refractivity contribution in [3.8, 4) is 0 Å². The van der Waals surface area contributed by atoms with Gasteiger partial charge in [-0.1, -0.05) is 17.7 Å². The number of aliphatic hydroxyl groups excluding tert-OH is 1. The quantitative estimate of drug-likeness (QED) is 0.576. The van der Waals surface area contributed by atoms with Crippen molar-refractivity contribution >= 4 is 23.4 Å². The van der Waals surface area contributed by atoms with E-state index in [0.717, 1.165) is 11.3 Å². The van der Waals surface area contributed by atoms with Crippen LogP contribution in [0.25, 0.3) is 6.08 Å². The summed E-state index contributed by atoms with van der Waals surface area (Å²) in [6, 6.07) is 5.39. The van der Waals surface area contributed by atoms with Gasteiger partial charge in [-0.15, -0.1) is 0 Å². The van der Waals surface area contributed by atoms with E-state index >= 15 is 0 Å². The molecule has 0 fully saturated rings. The molecule has 0 aromatic heterocycles. The Balaban J connectivity index is 2.51. The predicted molar refractivity (Wildman–Crippen MR) is 48.8 cm³/mol. The Bertz CT molecular complexity index is 349. The first-order valence-electron chi connectivity index (χ1n) is 3.48. The number of nitrogens with one attached hydrogen (secondary N) is 2. The fourth-order valence-corrected chi connectivity index (χ4v) is 1.25. The van der Waals surface area contributed by atoms with Crippen LogP contribution in [0.15, 0.2) is 24.1 Å². The Hall–Kier alpha value is -1.35. The average molecular weight is 183 g/mol. The lowest BCUT2D eigenvalue weighted by atomic mass is 10.1. The van der Waals surface area contributed by atoms with Crippen molar-refractivity contribution < 1.29 is 5.11 Å². The van der Waals surface area contributed by atoms with Crippen molar-refractivity contribution in [2.24, 2.45) is 0 Å². The molecule has 2 rings (SSSR count). The zero-order valence-corrected chi connectivity index (χ0v) is 6.89. The van der Waals surface area contributed by atoms with Crippen LogP contribution in [0.1, 0.15) is 5.56 Å². The Labute approximate surface area is 74.6 Å². The van der Waals surface area contributed by atoms with E-state index in [1.807, 2.05) is 6.07 Å². The second-order valence-electron chi connectivity index (χ2n) is 2.51. The minimum atomic E-state index is 0.102. The van der Waals surface area contributed by atoms with Crippen LogP contribution in [0.5, 0.6) is 0 Å². The molecular weight excluding hydrogens is 176 g/mol. The molecule has 1 aromatic carbocycles. The maximum Gasteiger partial charge on any atom is 0.203 e. The summed E-state index contributed by atoms with van der Waals surface area (Å²) in [6.07, 6.45) is 1.63. The van der Waals surface area contributed by atoms with Crippen LogP contribution >= 0.6 is 11.6 Å². The van der Waals surface area contributed by atoms with Gasteiger partial charge in [-0.25, -0.2) is 0 Å². The van der Waals surface area contributed by atoms with Gasteiger partial charge in [0.2, 0.25) is 5.88 Å². The molecule has 1 heterocycles. The van der Waals surface area contributed by atoms with E-state index < -0.39 is 0 Å². The molecule has 3 nitrogen and oxygen atoms in total. The van der Waals surface area contributed by atoms with Crippen LogP contribution in [0, 0.1) is 0 Å². The molecule has 62 valence electrons. The lowest BCUT2D eigenvalue weighted by Gasteiger charge is -2.16. The summed E-state index contributed by atoms with van der Waals surface area (Å²) < 4.78 is 0. The second kappa shape index (κ2) is 2.60. The van der Waals surface area contributed by atoms with Crippen LogP contribution in [-0.4, -0.2) is 5.11 Å². The van der Waals surface area contributed by atoms with E-state index in [-0.39, 0.29) is 5.88 Å². The molecule has 1 aromatic rings. The van der Waals surface area contributed by atoms with Gasteiger partial charge in [0.25, 0.3) is 0 Å². The highest BCUT2D eigenvalue weighted by molar-refractivity contribution is 6.30. The summed E-state index contributed by atoms with van der Waals surface area (Å²) >= 11 is 5.76. The van der Waals surface area contributed by atoms with Gasteiger partial charge >= 0.3 is 0 Å². The molecule has 0 saturated carbocycles. The third-order valence-corrected chi connectivity index (χ3v) is 1.87. The molecule has 0 amide bonds. The molecule has 0 spiro atoms. The Morgan fingerprint density at radius 3 is 2.92 bits per heavy atom. The summed E-state index contributed by atoms with van der Waals surface area (Å²) in [5.41, 5.74) is 7.15. The van der Waals surface area contributed by atoms with Crippen LogP contribution in [-0.2, 0) is 0 Å². The fourth-order valence-electron chi connectivity index (χ4n) is 1.08. The largest absolute Gasteiger partial charge is 0.494 e. The summed E-state index contributed by atoms with van der Waals surface area (Å²) in [7, 11) is 0. The van der Waals surface area contributed by atoms with Gasteiger partial charge in [-0.3, -0.25) is 10.9 Å². The molecule has 4 heteroatoms. The highest BCUT2D eigenvalue weighted by Gasteiger charge is 2.07. The number of hydrogen-bond donors (Lipinski definition) is 3. The number of halogens is 1. The molecule has 1 aliphatic heterocycles.